The van der Waals surface area contributed by atoms with Gasteiger partial charge < -0.3 is 0 Å². The van der Waals surface area contributed by atoms with Crippen LogP contribution in [0.4, 0.5) is 0 Å². The van der Waals surface area contributed by atoms with Gasteiger partial charge in [0, 0.05) is 12.8 Å². The van der Waals surface area contributed by atoms with Gasteiger partial charge in [0.25, 0.3) is 0 Å². The lowest BCUT2D eigenvalue weighted by Gasteiger charge is -2.20. The van der Waals surface area contributed by atoms with Crippen LogP contribution >= 0.6 is 0 Å². The molecule has 3 heteroatoms. The summed E-state index contributed by atoms with van der Waals surface area (Å²) in [5.74, 6) is -0.215. The minimum atomic E-state index is -0.215. The first kappa shape index (κ1) is 10.2. The molecule has 0 amide bonds. The third-order valence-corrected chi connectivity index (χ3v) is 2.66. The molecule has 1 aliphatic rings. The monoisotopic (exact) mass is 206 g/mol. The number of rotatable bonds is 2. The van der Waals surface area contributed by atoms with Gasteiger partial charge in [-0.25, -0.2) is 4.79 Å². The van der Waals surface area contributed by atoms with Crippen LogP contribution in [0.25, 0.3) is 0 Å². The molecule has 1 aliphatic heterocycles. The number of hydrogen-bond donors (Lipinski definition) is 1. The van der Waals surface area contributed by atoms with E-state index in [2.05, 4.69) is 0 Å². The van der Waals surface area contributed by atoms with Crippen molar-refractivity contribution in [1.82, 2.24) is 0 Å². The molecule has 0 radical (unpaired) electrons. The van der Waals surface area contributed by atoms with Crippen molar-refractivity contribution < 1.29 is 14.7 Å². The highest BCUT2D eigenvalue weighted by Gasteiger charge is 2.19. The summed E-state index contributed by atoms with van der Waals surface area (Å²) in [6, 6.07) is 9.16. The first-order valence-corrected chi connectivity index (χ1v) is 5.48. The van der Waals surface area contributed by atoms with Gasteiger partial charge in [0.2, 0.25) is 0 Å². The first-order valence-electron chi connectivity index (χ1n) is 5.48. The smallest absolute Gasteiger partial charge is 0.273 e. The van der Waals surface area contributed by atoms with E-state index in [-0.39, 0.29) is 5.97 Å². The molecule has 2 rings (SSSR count). The molecular weight excluding hydrogens is 190 g/mol. The van der Waals surface area contributed by atoms with Crippen LogP contribution in [-0.2, 0) is 4.84 Å². The second kappa shape index (κ2) is 4.94. The molecule has 1 heterocycles. The van der Waals surface area contributed by atoms with Gasteiger partial charge >= 0.3 is 5.97 Å². The van der Waals surface area contributed by atoms with Crippen molar-refractivity contribution in [3.8, 4) is 0 Å². The summed E-state index contributed by atoms with van der Waals surface area (Å²) in [6.07, 6.45) is 3.56. The molecule has 1 saturated heterocycles. The van der Waals surface area contributed by atoms with Crippen molar-refractivity contribution in [2.24, 2.45) is 0 Å². The summed E-state index contributed by atoms with van der Waals surface area (Å²) in [7, 11) is 0. The molecular formula is C12H16NO2+. The predicted molar refractivity (Wildman–Crippen MR) is 56.4 cm³/mol. The molecule has 0 saturated carbocycles. The summed E-state index contributed by atoms with van der Waals surface area (Å²) in [6.45, 7) is 1.89. The van der Waals surface area contributed by atoms with Crippen molar-refractivity contribution >= 4 is 5.97 Å². The minimum Gasteiger partial charge on any atom is -0.273 e. The molecule has 80 valence electrons. The summed E-state index contributed by atoms with van der Waals surface area (Å²) >= 11 is 0. The van der Waals surface area contributed by atoms with Gasteiger partial charge in [-0.1, -0.05) is 18.2 Å². The Morgan fingerprint density at radius 1 is 1.07 bits per heavy atom. The Balaban J connectivity index is 1.91. The molecule has 1 aromatic rings. The van der Waals surface area contributed by atoms with Gasteiger partial charge in [-0.05, 0) is 18.6 Å². The largest absolute Gasteiger partial charge is 0.397 e. The maximum absolute atomic E-state index is 11.7. The molecule has 0 aromatic heterocycles. The first-order chi connectivity index (χ1) is 7.36. The molecule has 0 spiro atoms. The summed E-state index contributed by atoms with van der Waals surface area (Å²) in [5, 5.41) is 0.954. The molecule has 3 nitrogen and oxygen atoms in total. The molecule has 0 unspecified atom stereocenters. The molecule has 0 bridgehead atoms. The van der Waals surface area contributed by atoms with E-state index < -0.39 is 0 Å². The number of hydroxylamine groups is 2. The SMILES string of the molecule is O=C(O[NH+]1CCCCC1)c1ccccc1. The Bertz CT molecular complexity index is 318. The Labute approximate surface area is 89.6 Å². The van der Waals surface area contributed by atoms with E-state index in [4.69, 9.17) is 4.84 Å². The van der Waals surface area contributed by atoms with Crippen LogP contribution in [-0.4, -0.2) is 19.1 Å². The molecule has 1 fully saturated rings. The standard InChI is InChI=1S/C12H15NO2/c14-12(11-7-3-1-4-8-11)15-13-9-5-2-6-10-13/h1,3-4,7-8H,2,5-6,9-10H2/p+1. The van der Waals surface area contributed by atoms with Crippen LogP contribution in [0.3, 0.4) is 0 Å². The Kier molecular flexibility index (Phi) is 3.35. The van der Waals surface area contributed by atoms with Gasteiger partial charge in [-0.3, -0.25) is 4.84 Å². The summed E-state index contributed by atoms with van der Waals surface area (Å²) in [4.78, 5) is 17.0. The van der Waals surface area contributed by atoms with E-state index in [1.54, 1.807) is 12.1 Å². The number of quaternary nitrogens is 1. The number of piperidine rings is 1. The van der Waals surface area contributed by atoms with E-state index in [1.165, 1.54) is 6.42 Å². The fraction of sp³-hybridized carbons (Fsp3) is 0.417. The lowest BCUT2D eigenvalue weighted by molar-refractivity contribution is -1.08. The van der Waals surface area contributed by atoms with E-state index in [1.807, 2.05) is 18.2 Å². The van der Waals surface area contributed by atoms with Crippen molar-refractivity contribution in [2.45, 2.75) is 19.3 Å². The maximum Gasteiger partial charge on any atom is 0.397 e. The molecule has 0 aliphatic carbocycles. The van der Waals surface area contributed by atoms with Crippen LogP contribution in [0.1, 0.15) is 29.6 Å². The number of hydrogen-bond acceptors (Lipinski definition) is 2. The fourth-order valence-electron chi connectivity index (χ4n) is 1.81. The highest BCUT2D eigenvalue weighted by molar-refractivity contribution is 5.88. The van der Waals surface area contributed by atoms with Gasteiger partial charge in [0.05, 0.1) is 5.56 Å². The minimum absolute atomic E-state index is 0.215. The highest BCUT2D eigenvalue weighted by Crippen LogP contribution is 2.00. The number of benzene rings is 1. The van der Waals surface area contributed by atoms with Gasteiger partial charge in [-0.15, -0.1) is 5.06 Å². The average Bonchev–Trinajstić information content (AvgIpc) is 2.31. The number of carbonyl (C=O) groups is 1. The highest BCUT2D eigenvalue weighted by atomic mass is 16.7. The van der Waals surface area contributed by atoms with E-state index in [9.17, 15) is 4.79 Å². The normalized spacial score (nSPS) is 17.3. The van der Waals surface area contributed by atoms with E-state index >= 15 is 0 Å². The van der Waals surface area contributed by atoms with Gasteiger partial charge in [-0.2, -0.15) is 0 Å². The zero-order chi connectivity index (χ0) is 10.5. The molecule has 1 aromatic carbocycles. The zero-order valence-electron chi connectivity index (χ0n) is 8.74. The van der Waals surface area contributed by atoms with E-state index in [0.717, 1.165) is 31.0 Å². The molecule has 0 atom stereocenters. The average molecular weight is 206 g/mol. The second-order valence-corrected chi connectivity index (χ2v) is 3.85. The van der Waals surface area contributed by atoms with Gasteiger partial charge in [0.1, 0.15) is 13.1 Å². The third kappa shape index (κ3) is 2.80. The Hall–Kier alpha value is -1.35. The second-order valence-electron chi connectivity index (χ2n) is 3.85. The topological polar surface area (TPSA) is 30.7 Å². The van der Waals surface area contributed by atoms with Crippen LogP contribution in [0.5, 0.6) is 0 Å². The summed E-state index contributed by atoms with van der Waals surface area (Å²) < 4.78 is 0. The van der Waals surface area contributed by atoms with E-state index in [0.29, 0.717) is 5.56 Å². The predicted octanol–water partition coefficient (Wildman–Crippen LogP) is 0.827. The van der Waals surface area contributed by atoms with Crippen LogP contribution in [0.15, 0.2) is 30.3 Å². The van der Waals surface area contributed by atoms with Crippen LogP contribution < -0.4 is 5.06 Å². The molecule has 15 heavy (non-hydrogen) atoms. The van der Waals surface area contributed by atoms with Crippen molar-refractivity contribution in [3.63, 3.8) is 0 Å². The number of nitrogens with one attached hydrogen (secondary N) is 1. The van der Waals surface area contributed by atoms with Crippen molar-refractivity contribution in [2.75, 3.05) is 13.1 Å². The fourth-order valence-corrected chi connectivity index (χ4v) is 1.81. The summed E-state index contributed by atoms with van der Waals surface area (Å²) in [5.41, 5.74) is 0.635. The van der Waals surface area contributed by atoms with Crippen LogP contribution in [0.2, 0.25) is 0 Å². The lowest BCUT2D eigenvalue weighted by Crippen LogP contribution is -3.12. The number of carbonyl (C=O) groups excluding carboxylic acids is 1. The van der Waals surface area contributed by atoms with Gasteiger partial charge in [0.15, 0.2) is 0 Å². The maximum atomic E-state index is 11.7. The van der Waals surface area contributed by atoms with Crippen LogP contribution in [0, 0.1) is 0 Å². The van der Waals surface area contributed by atoms with Crippen molar-refractivity contribution in [3.05, 3.63) is 35.9 Å². The third-order valence-electron chi connectivity index (χ3n) is 2.66. The Morgan fingerprint density at radius 3 is 2.40 bits per heavy atom. The lowest BCUT2D eigenvalue weighted by atomic mass is 10.2. The molecule has 1 N–H and O–H groups in total. The zero-order valence-corrected chi connectivity index (χ0v) is 8.74. The quantitative estimate of drug-likeness (QED) is 0.777. The Morgan fingerprint density at radius 2 is 1.73 bits per heavy atom. The van der Waals surface area contributed by atoms with Crippen molar-refractivity contribution in [1.29, 1.82) is 0 Å².